The molecule has 4 nitrogen and oxygen atoms in total. The van der Waals surface area contributed by atoms with Gasteiger partial charge in [-0.1, -0.05) is 61.9 Å². The smallest absolute Gasteiger partial charge is 0.393 e. The van der Waals surface area contributed by atoms with Gasteiger partial charge < -0.3 is 26.9 Å². The number of allylic oxidation sites excluding steroid dienone is 4. The van der Waals surface area contributed by atoms with Gasteiger partial charge in [0.15, 0.2) is 0 Å². The third-order valence-corrected chi connectivity index (χ3v) is 5.18. The van der Waals surface area contributed by atoms with Gasteiger partial charge in [0.05, 0.1) is 12.2 Å². The summed E-state index contributed by atoms with van der Waals surface area (Å²) in [6.07, 6.45) is 13.2. The first-order valence-electron chi connectivity index (χ1n) is 13.4. The minimum absolute atomic E-state index is 0. The van der Waals surface area contributed by atoms with Gasteiger partial charge in [-0.3, -0.25) is 6.08 Å². The van der Waals surface area contributed by atoms with Crippen molar-refractivity contribution < 1.29 is 31.9 Å². The van der Waals surface area contributed by atoms with Gasteiger partial charge in [-0.2, -0.15) is 12.5 Å². The Bertz CT molecular complexity index is 747. The van der Waals surface area contributed by atoms with E-state index in [9.17, 15) is 10.2 Å². The van der Waals surface area contributed by atoms with Crippen LogP contribution in [-0.4, -0.2) is 60.4 Å². The second kappa shape index (κ2) is 24.5. The van der Waals surface area contributed by atoms with Gasteiger partial charge in [-0.05, 0) is 77.1 Å². The molecule has 0 saturated carbocycles. The Morgan fingerprint density at radius 2 is 1.16 bits per heavy atom. The van der Waals surface area contributed by atoms with E-state index in [1.807, 2.05) is 50.3 Å². The Morgan fingerprint density at radius 3 is 1.37 bits per heavy atom. The molecule has 1 aliphatic rings. The summed E-state index contributed by atoms with van der Waals surface area (Å²) >= 11 is 0. The quantitative estimate of drug-likeness (QED) is 0.283. The zero-order valence-electron chi connectivity index (χ0n) is 25.0. The maximum Gasteiger partial charge on any atom is 2.00 e. The van der Waals surface area contributed by atoms with Crippen LogP contribution < -0.4 is 0 Å². The fourth-order valence-electron chi connectivity index (χ4n) is 3.48. The number of aliphatic hydroxyl groups excluding tert-OH is 2. The normalized spacial score (nSPS) is 12.8. The first-order valence-corrected chi connectivity index (χ1v) is 13.4. The van der Waals surface area contributed by atoms with E-state index in [1.165, 1.54) is 28.7 Å². The number of rotatable bonds is 9. The summed E-state index contributed by atoms with van der Waals surface area (Å²) in [5.41, 5.74) is 5.10. The van der Waals surface area contributed by atoms with Crippen LogP contribution in [0.25, 0.3) is 0 Å². The van der Waals surface area contributed by atoms with E-state index in [0.29, 0.717) is 0 Å². The number of benzene rings is 2. The topological polar surface area (TPSA) is 46.9 Å². The molecule has 38 heavy (non-hydrogen) atoms. The summed E-state index contributed by atoms with van der Waals surface area (Å²) in [5.74, 6) is 0. The Morgan fingerprint density at radius 1 is 0.789 bits per heavy atom. The fraction of sp³-hybridized carbons (Fsp3) is 0.485. The summed E-state index contributed by atoms with van der Waals surface area (Å²) in [4.78, 5) is 4.28. The zero-order valence-corrected chi connectivity index (χ0v) is 26.5. The van der Waals surface area contributed by atoms with E-state index in [-0.39, 0.29) is 33.9 Å². The van der Waals surface area contributed by atoms with E-state index in [4.69, 9.17) is 0 Å². The second-order valence-electron chi connectivity index (χ2n) is 9.98. The van der Waals surface area contributed by atoms with Crippen molar-refractivity contribution in [1.82, 2.24) is 9.80 Å². The van der Waals surface area contributed by atoms with Crippen molar-refractivity contribution in [2.24, 2.45) is 0 Å². The molecular weight excluding hydrogens is 504 g/mol. The number of hydrogen-bond acceptors (Lipinski definition) is 4. The average Bonchev–Trinajstić information content (AvgIpc) is 3.41. The molecule has 0 radical (unpaired) electrons. The van der Waals surface area contributed by atoms with Crippen LogP contribution >= 0.6 is 0 Å². The zero-order chi connectivity index (χ0) is 28.1. The van der Waals surface area contributed by atoms with Crippen LogP contribution in [0.1, 0.15) is 62.3 Å². The predicted molar refractivity (Wildman–Crippen MR) is 160 cm³/mol. The third-order valence-electron chi connectivity index (χ3n) is 5.18. The molecule has 3 rings (SSSR count). The molecule has 1 aliphatic carbocycles. The molecule has 0 bridgehead atoms. The number of aliphatic hydroxyl groups is 2. The molecule has 2 N–H and O–H groups in total. The van der Waals surface area contributed by atoms with Crippen molar-refractivity contribution in [2.75, 3.05) is 28.2 Å². The SMILES string of the molecule is CC(O)Cc1ccccc1CN(C)C.CC(O)Cc1ccccc1CN(C)C.[C-]1=CC=CC1.[CH2-]CCC.[Ti+2]. The Hall–Kier alpha value is -1.53. The Labute approximate surface area is 249 Å². The fourth-order valence-corrected chi connectivity index (χ4v) is 3.48. The summed E-state index contributed by atoms with van der Waals surface area (Å²) in [6, 6.07) is 16.6. The van der Waals surface area contributed by atoms with Crippen LogP contribution in [0.5, 0.6) is 0 Å². The molecule has 5 heteroatoms. The third kappa shape index (κ3) is 21.4. The van der Waals surface area contributed by atoms with Crippen molar-refractivity contribution in [1.29, 1.82) is 0 Å². The van der Waals surface area contributed by atoms with Crippen LogP contribution in [0.2, 0.25) is 0 Å². The van der Waals surface area contributed by atoms with Crippen molar-refractivity contribution >= 4 is 0 Å². The van der Waals surface area contributed by atoms with Gasteiger partial charge in [-0.25, -0.2) is 12.2 Å². The molecule has 2 atom stereocenters. The van der Waals surface area contributed by atoms with Crippen LogP contribution in [0.4, 0.5) is 0 Å². The van der Waals surface area contributed by atoms with E-state index >= 15 is 0 Å². The van der Waals surface area contributed by atoms with Crippen molar-refractivity contribution in [3.8, 4) is 0 Å². The molecule has 0 aliphatic heterocycles. The average molecular weight is 557 g/mol. The molecule has 0 saturated heterocycles. The maximum atomic E-state index is 9.35. The molecule has 0 aromatic heterocycles. The minimum Gasteiger partial charge on any atom is -0.393 e. The van der Waals surface area contributed by atoms with Gasteiger partial charge in [-0.15, -0.1) is 6.42 Å². The molecule has 0 fully saturated rings. The molecular formula is C33H52N2O2Ti. The van der Waals surface area contributed by atoms with Crippen LogP contribution in [0, 0.1) is 13.0 Å². The summed E-state index contributed by atoms with van der Waals surface area (Å²) in [7, 11) is 8.22. The summed E-state index contributed by atoms with van der Waals surface area (Å²) in [6.45, 7) is 11.2. The van der Waals surface area contributed by atoms with Crippen LogP contribution in [0.15, 0.2) is 66.8 Å². The van der Waals surface area contributed by atoms with Crippen molar-refractivity contribution in [3.63, 3.8) is 0 Å². The molecule has 2 aromatic carbocycles. The number of unbranched alkanes of at least 4 members (excludes halogenated alkanes) is 1. The van der Waals surface area contributed by atoms with E-state index in [0.717, 1.165) is 38.8 Å². The minimum atomic E-state index is -0.265. The molecule has 2 unspecified atom stereocenters. The Balaban J connectivity index is 0. The van der Waals surface area contributed by atoms with Crippen LogP contribution in [-0.2, 0) is 47.6 Å². The van der Waals surface area contributed by atoms with E-state index < -0.39 is 0 Å². The summed E-state index contributed by atoms with van der Waals surface area (Å²) < 4.78 is 0. The van der Waals surface area contributed by atoms with Gasteiger partial charge >= 0.3 is 21.7 Å². The molecule has 0 amide bonds. The number of nitrogens with zero attached hydrogens (tertiary/aromatic N) is 2. The predicted octanol–water partition coefficient (Wildman–Crippen LogP) is 6.27. The Kier molecular flexibility index (Phi) is 24.9. The molecule has 0 heterocycles. The van der Waals surface area contributed by atoms with E-state index in [1.54, 1.807) is 0 Å². The second-order valence-corrected chi connectivity index (χ2v) is 9.98. The maximum absolute atomic E-state index is 9.35. The van der Waals surface area contributed by atoms with Gasteiger partial charge in [0.25, 0.3) is 0 Å². The van der Waals surface area contributed by atoms with Gasteiger partial charge in [0, 0.05) is 13.1 Å². The standard InChI is InChI=1S/2C12H19NO.C5H5.C4H9.Ti/c2*1-10(14)8-11-6-4-5-7-12(11)9-13(2)3;1-2-4-5-3-1;1-3-4-2;/h2*4-7,10,14H,8-9H2,1-3H3;1-3H,4H2;1,3-4H2,2H3;/q;;2*-1;+2. The van der Waals surface area contributed by atoms with E-state index in [2.05, 4.69) is 88.3 Å². The van der Waals surface area contributed by atoms with Gasteiger partial charge in [0.2, 0.25) is 0 Å². The molecule has 2 aromatic rings. The first kappa shape index (κ1) is 38.6. The van der Waals surface area contributed by atoms with Crippen LogP contribution in [0.3, 0.4) is 0 Å². The van der Waals surface area contributed by atoms with Gasteiger partial charge in [0.1, 0.15) is 0 Å². The molecule has 210 valence electrons. The monoisotopic (exact) mass is 556 g/mol. The van der Waals surface area contributed by atoms with Crippen molar-refractivity contribution in [2.45, 2.75) is 78.2 Å². The number of hydrogen-bond donors (Lipinski definition) is 2. The largest absolute Gasteiger partial charge is 2.00 e. The summed E-state index contributed by atoms with van der Waals surface area (Å²) in [5, 5.41) is 18.7. The molecule has 0 spiro atoms. The first-order chi connectivity index (χ1) is 17.6. The van der Waals surface area contributed by atoms with Crippen molar-refractivity contribution in [3.05, 3.63) is 102 Å².